The molecule has 0 aliphatic carbocycles. The van der Waals surface area contributed by atoms with Gasteiger partial charge in [-0.2, -0.15) is 0 Å². The van der Waals surface area contributed by atoms with Gasteiger partial charge in [0.15, 0.2) is 23.4 Å². The Morgan fingerprint density at radius 2 is 2.17 bits per heavy atom. The fourth-order valence-corrected chi connectivity index (χ4v) is 1.59. The number of ether oxygens (including phenoxy) is 2. The minimum absolute atomic E-state index is 0.0349. The molecule has 0 aliphatic rings. The van der Waals surface area contributed by atoms with Crippen LogP contribution in [-0.2, 0) is 9.53 Å². The van der Waals surface area contributed by atoms with E-state index in [0.29, 0.717) is 5.56 Å². The first-order valence-electron chi connectivity index (χ1n) is 5.34. The quantitative estimate of drug-likeness (QED) is 0.799. The summed E-state index contributed by atoms with van der Waals surface area (Å²) >= 11 is 0. The Hall–Kier alpha value is -1.82. The van der Waals surface area contributed by atoms with Gasteiger partial charge in [0.2, 0.25) is 0 Å². The van der Waals surface area contributed by atoms with Gasteiger partial charge in [0.25, 0.3) is 0 Å². The zero-order valence-electron chi connectivity index (χ0n) is 10.4. The molecule has 6 heteroatoms. The molecule has 0 saturated heterocycles. The number of esters is 1. The van der Waals surface area contributed by atoms with Crippen LogP contribution >= 0.6 is 0 Å². The van der Waals surface area contributed by atoms with Crippen LogP contribution < -0.4 is 4.74 Å². The van der Waals surface area contributed by atoms with Crippen LogP contribution in [-0.4, -0.2) is 29.9 Å². The van der Waals surface area contributed by atoms with Crippen molar-refractivity contribution in [2.45, 2.75) is 20.0 Å². The molecule has 1 aromatic carbocycles. The van der Waals surface area contributed by atoms with E-state index in [1.165, 1.54) is 13.2 Å². The Morgan fingerprint density at radius 3 is 2.67 bits per heavy atom. The third-order valence-corrected chi connectivity index (χ3v) is 2.42. The van der Waals surface area contributed by atoms with E-state index in [4.69, 9.17) is 4.74 Å². The number of methoxy groups -OCH3 is 1. The minimum atomic E-state index is -1.78. The van der Waals surface area contributed by atoms with Gasteiger partial charge in [-0.25, -0.2) is 9.18 Å². The molecule has 0 saturated carbocycles. The van der Waals surface area contributed by atoms with Gasteiger partial charge < -0.3 is 19.7 Å². The van der Waals surface area contributed by atoms with Crippen molar-refractivity contribution in [3.8, 4) is 11.5 Å². The number of aryl methyl sites for hydroxylation is 1. The molecule has 18 heavy (non-hydrogen) atoms. The smallest absolute Gasteiger partial charge is 0.339 e. The molecule has 0 spiro atoms. The number of carbonyl (C=O) groups excluding carboxylic acids is 1. The normalized spacial score (nSPS) is 12.1. The number of aromatic hydroxyl groups is 1. The predicted octanol–water partition coefficient (Wildman–Crippen LogP) is 1.44. The third kappa shape index (κ3) is 2.53. The average molecular weight is 258 g/mol. The van der Waals surface area contributed by atoms with E-state index in [1.807, 2.05) is 0 Å². The van der Waals surface area contributed by atoms with Gasteiger partial charge >= 0.3 is 5.97 Å². The summed E-state index contributed by atoms with van der Waals surface area (Å²) in [4.78, 5) is 11.3. The van der Waals surface area contributed by atoms with Crippen LogP contribution in [0.25, 0.3) is 0 Å². The molecule has 1 rings (SSSR count). The zero-order valence-corrected chi connectivity index (χ0v) is 10.4. The lowest BCUT2D eigenvalue weighted by molar-refractivity contribution is -0.153. The maximum atomic E-state index is 13.8. The van der Waals surface area contributed by atoms with Gasteiger partial charge in [-0.05, 0) is 25.5 Å². The summed E-state index contributed by atoms with van der Waals surface area (Å²) in [5.74, 6) is -2.85. The summed E-state index contributed by atoms with van der Waals surface area (Å²) in [6.45, 7) is 3.19. The van der Waals surface area contributed by atoms with Crippen LogP contribution in [0, 0.1) is 12.7 Å². The minimum Gasteiger partial charge on any atom is -0.502 e. The molecule has 2 N–H and O–H groups in total. The highest BCUT2D eigenvalue weighted by molar-refractivity contribution is 5.77. The molecule has 1 aromatic rings. The highest BCUT2D eigenvalue weighted by Gasteiger charge is 2.26. The number of aliphatic hydroxyl groups is 1. The number of hydrogen-bond acceptors (Lipinski definition) is 5. The molecular formula is C12H15FO5. The largest absolute Gasteiger partial charge is 0.502 e. The van der Waals surface area contributed by atoms with Crippen LogP contribution in [0.1, 0.15) is 24.2 Å². The van der Waals surface area contributed by atoms with Crippen molar-refractivity contribution in [2.75, 3.05) is 13.7 Å². The number of rotatable bonds is 4. The number of benzene rings is 1. The van der Waals surface area contributed by atoms with Gasteiger partial charge in [-0.3, -0.25) is 0 Å². The highest BCUT2D eigenvalue weighted by atomic mass is 19.1. The Balaban J connectivity index is 3.22. The SMILES string of the molecule is CCOC(=O)C(O)c1cc(C)c(OC)c(O)c1F. The second kappa shape index (κ2) is 5.68. The van der Waals surface area contributed by atoms with Crippen LogP contribution in [0.4, 0.5) is 4.39 Å². The zero-order chi connectivity index (χ0) is 13.9. The topological polar surface area (TPSA) is 76.0 Å². The molecule has 1 atom stereocenters. The Kier molecular flexibility index (Phi) is 4.49. The fourth-order valence-electron chi connectivity index (χ4n) is 1.59. The molecule has 5 nitrogen and oxygen atoms in total. The van der Waals surface area contributed by atoms with Crippen molar-refractivity contribution in [2.24, 2.45) is 0 Å². The predicted molar refractivity (Wildman–Crippen MR) is 60.9 cm³/mol. The van der Waals surface area contributed by atoms with Gasteiger partial charge in [0, 0.05) is 5.56 Å². The number of hydrogen-bond donors (Lipinski definition) is 2. The number of halogens is 1. The molecule has 0 heterocycles. The first-order chi connectivity index (χ1) is 8.43. The van der Waals surface area contributed by atoms with Crippen molar-refractivity contribution in [1.29, 1.82) is 0 Å². The van der Waals surface area contributed by atoms with Crippen LogP contribution in [0.3, 0.4) is 0 Å². The summed E-state index contributed by atoms with van der Waals surface area (Å²) in [6.07, 6.45) is -1.78. The lowest BCUT2D eigenvalue weighted by Crippen LogP contribution is -2.17. The number of aliphatic hydroxyl groups excluding tert-OH is 1. The van der Waals surface area contributed by atoms with Crippen LogP contribution in [0.2, 0.25) is 0 Å². The van der Waals surface area contributed by atoms with Gasteiger partial charge in [-0.1, -0.05) is 0 Å². The second-order valence-electron chi connectivity index (χ2n) is 3.63. The van der Waals surface area contributed by atoms with Crippen molar-refractivity contribution < 1.29 is 28.9 Å². The lowest BCUT2D eigenvalue weighted by Gasteiger charge is -2.15. The summed E-state index contributed by atoms with van der Waals surface area (Å²) in [6, 6.07) is 1.23. The molecule has 0 radical (unpaired) electrons. The van der Waals surface area contributed by atoms with E-state index < -0.39 is 23.6 Å². The van der Waals surface area contributed by atoms with Crippen molar-refractivity contribution in [3.63, 3.8) is 0 Å². The first kappa shape index (κ1) is 14.2. The summed E-state index contributed by atoms with van der Waals surface area (Å²) in [5, 5.41) is 19.2. The molecule has 0 aromatic heterocycles. The third-order valence-electron chi connectivity index (χ3n) is 2.42. The van der Waals surface area contributed by atoms with E-state index in [-0.39, 0.29) is 17.9 Å². The number of phenols is 1. The highest BCUT2D eigenvalue weighted by Crippen LogP contribution is 2.36. The Morgan fingerprint density at radius 1 is 1.56 bits per heavy atom. The molecule has 100 valence electrons. The van der Waals surface area contributed by atoms with Crippen LogP contribution in [0.5, 0.6) is 11.5 Å². The van der Waals surface area contributed by atoms with E-state index in [1.54, 1.807) is 13.8 Å². The monoisotopic (exact) mass is 258 g/mol. The maximum Gasteiger partial charge on any atom is 0.339 e. The van der Waals surface area contributed by atoms with E-state index in [0.717, 1.165) is 0 Å². The van der Waals surface area contributed by atoms with Crippen molar-refractivity contribution >= 4 is 5.97 Å². The molecular weight excluding hydrogens is 243 g/mol. The molecule has 1 unspecified atom stereocenters. The Labute approximate surface area is 104 Å². The molecule has 0 bridgehead atoms. The van der Waals surface area contributed by atoms with E-state index >= 15 is 0 Å². The van der Waals surface area contributed by atoms with E-state index in [2.05, 4.69) is 4.74 Å². The lowest BCUT2D eigenvalue weighted by atomic mass is 10.0. The second-order valence-corrected chi connectivity index (χ2v) is 3.63. The van der Waals surface area contributed by atoms with E-state index in [9.17, 15) is 19.4 Å². The Bertz CT molecular complexity index is 458. The van der Waals surface area contributed by atoms with Crippen molar-refractivity contribution in [3.05, 3.63) is 23.0 Å². The summed E-state index contributed by atoms with van der Waals surface area (Å²) in [7, 11) is 1.28. The number of carbonyl (C=O) groups is 1. The first-order valence-corrected chi connectivity index (χ1v) is 5.34. The number of phenolic OH excluding ortho intramolecular Hbond substituents is 1. The standard InChI is InChI=1S/C12H15FO5/c1-4-18-12(16)9(14)7-5-6(2)11(17-3)10(15)8(7)13/h5,9,14-15H,4H2,1-3H3. The summed E-state index contributed by atoms with van der Waals surface area (Å²) in [5.41, 5.74) is 0.0546. The van der Waals surface area contributed by atoms with Gasteiger partial charge in [-0.15, -0.1) is 0 Å². The van der Waals surface area contributed by atoms with Gasteiger partial charge in [0.1, 0.15) is 0 Å². The average Bonchev–Trinajstić information content (AvgIpc) is 2.34. The molecule has 0 amide bonds. The maximum absolute atomic E-state index is 13.8. The van der Waals surface area contributed by atoms with Crippen LogP contribution in [0.15, 0.2) is 6.07 Å². The molecule has 0 aliphatic heterocycles. The van der Waals surface area contributed by atoms with Crippen molar-refractivity contribution in [1.82, 2.24) is 0 Å². The van der Waals surface area contributed by atoms with Gasteiger partial charge in [0.05, 0.1) is 13.7 Å². The molecule has 0 fully saturated rings. The fraction of sp³-hybridized carbons (Fsp3) is 0.417. The summed E-state index contributed by atoms with van der Waals surface area (Å²) < 4.78 is 23.2.